The molecule has 6 nitrogen and oxygen atoms in total. The Hall–Kier alpha value is -3.25. The molecule has 0 saturated carbocycles. The van der Waals surface area contributed by atoms with Gasteiger partial charge in [0.15, 0.2) is 0 Å². The van der Waals surface area contributed by atoms with Crippen molar-refractivity contribution in [2.24, 2.45) is 0 Å². The average Bonchev–Trinajstić information content (AvgIpc) is 3.21. The molecule has 0 aliphatic rings. The van der Waals surface area contributed by atoms with Gasteiger partial charge in [-0.25, -0.2) is 0 Å². The number of hydrogen-bond acceptors (Lipinski definition) is 5. The summed E-state index contributed by atoms with van der Waals surface area (Å²) < 4.78 is 5.91. The van der Waals surface area contributed by atoms with Gasteiger partial charge in [0.05, 0.1) is 0 Å². The van der Waals surface area contributed by atoms with Gasteiger partial charge >= 0.3 is 0 Å². The lowest BCUT2D eigenvalue weighted by Gasteiger charge is -2.10. The third kappa shape index (κ3) is 4.35. The topological polar surface area (TPSA) is 76.6 Å². The third-order valence-electron chi connectivity index (χ3n) is 4.24. The highest BCUT2D eigenvalue weighted by atomic mass is 35.5. The lowest BCUT2D eigenvalue weighted by molar-refractivity contribution is 0.305. The van der Waals surface area contributed by atoms with Crippen LogP contribution >= 0.6 is 12.4 Å². The quantitative estimate of drug-likeness (QED) is 0.538. The lowest BCUT2D eigenvalue weighted by atomic mass is 9.98. The zero-order chi connectivity index (χ0) is 18.6. The van der Waals surface area contributed by atoms with Gasteiger partial charge in [-0.1, -0.05) is 48.5 Å². The van der Waals surface area contributed by atoms with Crippen LogP contribution < -0.4 is 4.74 Å². The minimum atomic E-state index is 0. The van der Waals surface area contributed by atoms with Gasteiger partial charge in [-0.3, -0.25) is 4.98 Å². The first-order chi connectivity index (χ1) is 13.2. The van der Waals surface area contributed by atoms with Gasteiger partial charge in [0, 0.05) is 29.1 Å². The average molecular weight is 394 g/mol. The number of tetrazole rings is 1. The number of aromatic amines is 1. The van der Waals surface area contributed by atoms with Crippen LogP contribution in [0.3, 0.4) is 0 Å². The number of ether oxygens (including phenoxy) is 1. The van der Waals surface area contributed by atoms with Crippen molar-refractivity contribution in [3.05, 3.63) is 77.6 Å². The van der Waals surface area contributed by atoms with Crippen molar-refractivity contribution in [3.8, 4) is 28.3 Å². The van der Waals surface area contributed by atoms with Gasteiger partial charge in [0.1, 0.15) is 12.4 Å². The van der Waals surface area contributed by atoms with Crippen LogP contribution in [0.2, 0.25) is 0 Å². The van der Waals surface area contributed by atoms with Crippen molar-refractivity contribution in [3.63, 3.8) is 0 Å². The van der Waals surface area contributed by atoms with Crippen molar-refractivity contribution in [2.75, 3.05) is 0 Å². The highest BCUT2D eigenvalue weighted by Gasteiger charge is 2.10. The van der Waals surface area contributed by atoms with Gasteiger partial charge in [0.2, 0.25) is 5.82 Å². The molecule has 0 radical (unpaired) electrons. The molecule has 0 spiro atoms. The molecule has 0 bridgehead atoms. The van der Waals surface area contributed by atoms with E-state index >= 15 is 0 Å². The van der Waals surface area contributed by atoms with E-state index in [1.807, 2.05) is 44.2 Å². The summed E-state index contributed by atoms with van der Waals surface area (Å²) in [5, 5.41) is 14.4. The number of benzene rings is 2. The summed E-state index contributed by atoms with van der Waals surface area (Å²) in [6.45, 7) is 4.45. The monoisotopic (exact) mass is 393 g/mol. The second kappa shape index (κ2) is 8.63. The molecule has 0 amide bonds. The normalized spacial score (nSPS) is 10.4. The van der Waals surface area contributed by atoms with Crippen molar-refractivity contribution < 1.29 is 4.74 Å². The van der Waals surface area contributed by atoms with Gasteiger partial charge in [-0.2, -0.15) is 5.21 Å². The largest absolute Gasteiger partial charge is 0.489 e. The van der Waals surface area contributed by atoms with Gasteiger partial charge in [0.25, 0.3) is 0 Å². The Morgan fingerprint density at radius 3 is 2.21 bits per heavy atom. The van der Waals surface area contributed by atoms with Crippen LogP contribution in [-0.4, -0.2) is 25.6 Å². The molecule has 4 rings (SSSR count). The summed E-state index contributed by atoms with van der Waals surface area (Å²) >= 11 is 0. The van der Waals surface area contributed by atoms with Gasteiger partial charge in [-0.05, 0) is 35.8 Å². The van der Waals surface area contributed by atoms with E-state index in [0.717, 1.165) is 39.4 Å². The Kier molecular flexibility index (Phi) is 6.01. The van der Waals surface area contributed by atoms with E-state index in [1.165, 1.54) is 0 Å². The fraction of sp³-hybridized carbons (Fsp3) is 0.143. The molecule has 0 atom stereocenters. The number of nitrogens with zero attached hydrogens (tertiary/aromatic N) is 4. The number of hydrogen-bond donors (Lipinski definition) is 1. The Labute approximate surface area is 169 Å². The molecule has 2 aromatic heterocycles. The number of nitrogens with one attached hydrogen (secondary N) is 1. The first-order valence-electron chi connectivity index (χ1n) is 8.69. The minimum Gasteiger partial charge on any atom is -0.489 e. The first kappa shape index (κ1) is 19.5. The molecule has 4 aromatic rings. The maximum absolute atomic E-state index is 5.91. The van der Waals surface area contributed by atoms with Crippen molar-refractivity contribution >= 4 is 12.4 Å². The molecule has 1 N–H and O–H groups in total. The van der Waals surface area contributed by atoms with Crippen LogP contribution in [0.4, 0.5) is 0 Å². The smallest absolute Gasteiger partial charge is 0.205 e. The van der Waals surface area contributed by atoms with Crippen molar-refractivity contribution in [2.45, 2.75) is 20.5 Å². The number of aromatic nitrogens is 5. The van der Waals surface area contributed by atoms with E-state index in [4.69, 9.17) is 4.74 Å². The maximum atomic E-state index is 5.91. The summed E-state index contributed by atoms with van der Waals surface area (Å²) in [6.07, 6.45) is 0. The Morgan fingerprint density at radius 2 is 1.57 bits per heavy atom. The molecule has 0 unspecified atom stereocenters. The standard InChI is InChI=1S/C21H19N5O.ClH/c1-14-11-18(12-15(2)22-14)27-13-16-7-9-17(10-8-16)19-5-3-4-6-20(19)21-23-25-26-24-21;/h3-12H,13H2,1-2H3,(H,23,24,25,26);1H. The van der Waals surface area contributed by atoms with Crippen LogP contribution in [0, 0.1) is 13.8 Å². The van der Waals surface area contributed by atoms with Crippen molar-refractivity contribution in [1.82, 2.24) is 25.6 Å². The third-order valence-corrected chi connectivity index (χ3v) is 4.24. The van der Waals surface area contributed by atoms with Crippen LogP contribution in [0.25, 0.3) is 22.5 Å². The number of pyridine rings is 1. The molecule has 0 aliphatic heterocycles. The van der Waals surface area contributed by atoms with E-state index in [1.54, 1.807) is 0 Å². The van der Waals surface area contributed by atoms with Crippen LogP contribution in [0.15, 0.2) is 60.7 Å². The highest BCUT2D eigenvalue weighted by molar-refractivity contribution is 5.85. The molecule has 0 fully saturated rings. The maximum Gasteiger partial charge on any atom is 0.205 e. The van der Waals surface area contributed by atoms with Crippen LogP contribution in [0.5, 0.6) is 5.75 Å². The summed E-state index contributed by atoms with van der Waals surface area (Å²) in [5.41, 5.74) is 6.11. The SMILES string of the molecule is Cc1cc(OCc2ccc(-c3ccccc3-c3nn[nH]n3)cc2)cc(C)n1.Cl. The molecule has 28 heavy (non-hydrogen) atoms. The summed E-state index contributed by atoms with van der Waals surface area (Å²) in [6, 6.07) is 20.2. The predicted molar refractivity (Wildman–Crippen MR) is 110 cm³/mol. The second-order valence-electron chi connectivity index (χ2n) is 6.35. The summed E-state index contributed by atoms with van der Waals surface area (Å²) in [7, 11) is 0. The van der Waals surface area contributed by atoms with Crippen molar-refractivity contribution in [1.29, 1.82) is 0 Å². The first-order valence-corrected chi connectivity index (χ1v) is 8.69. The zero-order valence-electron chi connectivity index (χ0n) is 15.6. The number of rotatable bonds is 5. The Balaban J connectivity index is 0.00000225. The summed E-state index contributed by atoms with van der Waals surface area (Å²) in [5.74, 6) is 1.42. The lowest BCUT2D eigenvalue weighted by Crippen LogP contribution is -1.97. The van der Waals surface area contributed by atoms with Crippen LogP contribution in [0.1, 0.15) is 17.0 Å². The van der Waals surface area contributed by atoms with E-state index in [9.17, 15) is 0 Å². The van der Waals surface area contributed by atoms with Crippen LogP contribution in [-0.2, 0) is 6.61 Å². The fourth-order valence-electron chi connectivity index (χ4n) is 3.03. The van der Waals surface area contributed by atoms with E-state index < -0.39 is 0 Å². The molecule has 0 aliphatic carbocycles. The Morgan fingerprint density at radius 1 is 0.893 bits per heavy atom. The number of H-pyrrole nitrogens is 1. The minimum absolute atomic E-state index is 0. The molecular formula is C21H20ClN5O. The fourth-order valence-corrected chi connectivity index (χ4v) is 3.03. The van der Waals surface area contributed by atoms with E-state index in [-0.39, 0.29) is 12.4 Å². The summed E-state index contributed by atoms with van der Waals surface area (Å²) in [4.78, 5) is 4.37. The Bertz CT molecular complexity index is 1030. The molecule has 142 valence electrons. The molecule has 0 saturated heterocycles. The number of halogens is 1. The molecule has 2 heterocycles. The van der Waals surface area contributed by atoms with E-state index in [0.29, 0.717) is 12.4 Å². The molecular weight excluding hydrogens is 374 g/mol. The van der Waals surface area contributed by atoms with Gasteiger partial charge in [-0.15, -0.1) is 22.6 Å². The molecule has 2 aromatic carbocycles. The van der Waals surface area contributed by atoms with E-state index in [2.05, 4.69) is 55.9 Å². The van der Waals surface area contributed by atoms with Gasteiger partial charge < -0.3 is 4.74 Å². The second-order valence-corrected chi connectivity index (χ2v) is 6.35. The predicted octanol–water partition coefficient (Wildman–Crippen LogP) is 4.55. The zero-order valence-corrected chi connectivity index (χ0v) is 16.4. The number of aryl methyl sites for hydroxylation is 2. The molecule has 7 heteroatoms. The highest BCUT2D eigenvalue weighted by Crippen LogP contribution is 2.29.